The molecule has 82 valence electrons. The van der Waals surface area contributed by atoms with Gasteiger partial charge in [-0.2, -0.15) is 0 Å². The summed E-state index contributed by atoms with van der Waals surface area (Å²) in [5.41, 5.74) is 2.68. The van der Waals surface area contributed by atoms with E-state index in [1.165, 1.54) is 11.1 Å². The molecule has 0 aromatic heterocycles. The Labute approximate surface area is 91.6 Å². The first-order valence-electron chi connectivity index (χ1n) is 5.66. The van der Waals surface area contributed by atoms with Gasteiger partial charge in [0.05, 0.1) is 6.10 Å². The Morgan fingerprint density at radius 3 is 3.00 bits per heavy atom. The lowest BCUT2D eigenvalue weighted by Crippen LogP contribution is -2.34. The molecule has 1 aliphatic heterocycles. The number of rotatable bonds is 3. The molecule has 15 heavy (non-hydrogen) atoms. The summed E-state index contributed by atoms with van der Waals surface area (Å²) in [6.45, 7) is 6.11. The molecule has 1 aromatic rings. The molecule has 0 saturated carbocycles. The summed E-state index contributed by atoms with van der Waals surface area (Å²) in [6, 6.07) is 9.16. The van der Waals surface area contributed by atoms with Gasteiger partial charge in [-0.25, -0.2) is 0 Å². The highest BCUT2D eigenvalue weighted by molar-refractivity contribution is 5.22. The first kappa shape index (κ1) is 10.7. The normalized spacial score (nSPS) is 25.7. The third-order valence-electron chi connectivity index (χ3n) is 3.03. The van der Waals surface area contributed by atoms with Crippen LogP contribution in [0.25, 0.3) is 0 Å². The Balaban J connectivity index is 1.87. The van der Waals surface area contributed by atoms with Crippen molar-refractivity contribution in [1.29, 1.82) is 0 Å². The molecule has 1 saturated heterocycles. The topological polar surface area (TPSA) is 21.3 Å². The Bertz CT molecular complexity index is 324. The van der Waals surface area contributed by atoms with Crippen LogP contribution in [0.3, 0.4) is 0 Å². The van der Waals surface area contributed by atoms with Gasteiger partial charge in [0, 0.05) is 19.2 Å². The van der Waals surface area contributed by atoms with Crippen LogP contribution in [0.15, 0.2) is 24.3 Å². The van der Waals surface area contributed by atoms with E-state index in [4.69, 9.17) is 4.74 Å². The molecule has 0 spiro atoms. The smallest absolute Gasteiger partial charge is 0.0700 e. The number of hydrogen-bond donors (Lipinski definition) is 1. The summed E-state index contributed by atoms with van der Waals surface area (Å²) < 4.78 is 5.52. The van der Waals surface area contributed by atoms with Gasteiger partial charge in [-0.15, -0.1) is 0 Å². The Hall–Kier alpha value is -0.860. The predicted molar refractivity (Wildman–Crippen MR) is 61.8 cm³/mol. The third kappa shape index (κ3) is 2.80. The molecule has 2 atom stereocenters. The van der Waals surface area contributed by atoms with Crippen molar-refractivity contribution in [3.63, 3.8) is 0 Å². The lowest BCUT2D eigenvalue weighted by molar-refractivity contribution is 0.113. The van der Waals surface area contributed by atoms with E-state index in [-0.39, 0.29) is 0 Å². The SMILES string of the molecule is Cc1cccc(CN[C@@H]2CCO[C@@H]2C)c1. The van der Waals surface area contributed by atoms with Gasteiger partial charge in [-0.05, 0) is 25.8 Å². The number of nitrogens with one attached hydrogen (secondary N) is 1. The first-order chi connectivity index (χ1) is 7.25. The van der Waals surface area contributed by atoms with Crippen LogP contribution in [0.4, 0.5) is 0 Å². The maximum atomic E-state index is 5.52. The van der Waals surface area contributed by atoms with Crippen molar-refractivity contribution in [3.05, 3.63) is 35.4 Å². The number of aryl methyl sites for hydroxylation is 1. The second-order valence-corrected chi connectivity index (χ2v) is 4.34. The van der Waals surface area contributed by atoms with Crippen molar-refractivity contribution in [3.8, 4) is 0 Å². The van der Waals surface area contributed by atoms with Crippen molar-refractivity contribution >= 4 is 0 Å². The van der Waals surface area contributed by atoms with E-state index in [1.54, 1.807) is 0 Å². The van der Waals surface area contributed by atoms with Crippen LogP contribution in [-0.4, -0.2) is 18.8 Å². The number of benzene rings is 1. The van der Waals surface area contributed by atoms with Crippen LogP contribution in [0.5, 0.6) is 0 Å². The van der Waals surface area contributed by atoms with E-state index in [0.717, 1.165) is 19.6 Å². The monoisotopic (exact) mass is 205 g/mol. The first-order valence-corrected chi connectivity index (χ1v) is 5.66. The Kier molecular flexibility index (Phi) is 3.39. The van der Waals surface area contributed by atoms with Gasteiger partial charge >= 0.3 is 0 Å². The van der Waals surface area contributed by atoms with Crippen LogP contribution in [0, 0.1) is 6.92 Å². The van der Waals surface area contributed by atoms with Gasteiger partial charge < -0.3 is 10.1 Å². The van der Waals surface area contributed by atoms with Gasteiger partial charge in [0.1, 0.15) is 0 Å². The predicted octanol–water partition coefficient (Wildman–Crippen LogP) is 2.26. The van der Waals surface area contributed by atoms with Gasteiger partial charge in [0.25, 0.3) is 0 Å². The summed E-state index contributed by atoms with van der Waals surface area (Å²) >= 11 is 0. The average Bonchev–Trinajstić information content (AvgIpc) is 2.61. The van der Waals surface area contributed by atoms with Crippen LogP contribution in [0.2, 0.25) is 0 Å². The maximum Gasteiger partial charge on any atom is 0.0700 e. The third-order valence-corrected chi connectivity index (χ3v) is 3.03. The molecular formula is C13H19NO. The minimum absolute atomic E-state index is 0.356. The van der Waals surface area contributed by atoms with Crippen LogP contribution in [0.1, 0.15) is 24.5 Å². The van der Waals surface area contributed by atoms with E-state index in [0.29, 0.717) is 12.1 Å². The largest absolute Gasteiger partial charge is 0.377 e. The van der Waals surface area contributed by atoms with Gasteiger partial charge in [0.15, 0.2) is 0 Å². The fourth-order valence-corrected chi connectivity index (χ4v) is 2.07. The van der Waals surface area contributed by atoms with E-state index in [1.807, 2.05) is 0 Å². The molecule has 2 nitrogen and oxygen atoms in total. The highest BCUT2D eigenvalue weighted by Gasteiger charge is 2.23. The molecule has 1 heterocycles. The average molecular weight is 205 g/mol. The standard InChI is InChI=1S/C13H19NO/c1-10-4-3-5-12(8-10)9-14-13-6-7-15-11(13)2/h3-5,8,11,13-14H,6-7,9H2,1-2H3/t11-,13-/m1/s1. The van der Waals surface area contributed by atoms with Crippen LogP contribution >= 0.6 is 0 Å². The zero-order valence-electron chi connectivity index (χ0n) is 9.49. The van der Waals surface area contributed by atoms with E-state index >= 15 is 0 Å². The van der Waals surface area contributed by atoms with Gasteiger partial charge in [0.2, 0.25) is 0 Å². The van der Waals surface area contributed by atoms with E-state index in [2.05, 4.69) is 43.4 Å². The summed E-state index contributed by atoms with van der Waals surface area (Å²) in [7, 11) is 0. The molecule has 0 bridgehead atoms. The van der Waals surface area contributed by atoms with Crippen LogP contribution in [-0.2, 0) is 11.3 Å². The second-order valence-electron chi connectivity index (χ2n) is 4.34. The molecule has 1 aliphatic rings. The molecule has 0 radical (unpaired) electrons. The summed E-state index contributed by atoms with van der Waals surface area (Å²) in [6.07, 6.45) is 1.49. The fourth-order valence-electron chi connectivity index (χ4n) is 2.07. The van der Waals surface area contributed by atoms with Crippen molar-refractivity contribution < 1.29 is 4.74 Å². The Morgan fingerprint density at radius 1 is 1.47 bits per heavy atom. The van der Waals surface area contributed by atoms with Crippen molar-refractivity contribution in [2.45, 2.75) is 39.0 Å². The molecule has 1 N–H and O–H groups in total. The van der Waals surface area contributed by atoms with Crippen LogP contribution < -0.4 is 5.32 Å². The Morgan fingerprint density at radius 2 is 2.33 bits per heavy atom. The highest BCUT2D eigenvalue weighted by Crippen LogP contribution is 2.13. The molecular weight excluding hydrogens is 186 g/mol. The van der Waals surface area contributed by atoms with Gasteiger partial charge in [-0.3, -0.25) is 0 Å². The molecule has 2 heteroatoms. The van der Waals surface area contributed by atoms with Crippen molar-refractivity contribution in [1.82, 2.24) is 5.32 Å². The number of ether oxygens (including phenoxy) is 1. The highest BCUT2D eigenvalue weighted by atomic mass is 16.5. The quantitative estimate of drug-likeness (QED) is 0.817. The summed E-state index contributed by atoms with van der Waals surface area (Å²) in [4.78, 5) is 0. The molecule has 1 fully saturated rings. The lowest BCUT2D eigenvalue weighted by Gasteiger charge is -2.16. The van der Waals surface area contributed by atoms with E-state index < -0.39 is 0 Å². The van der Waals surface area contributed by atoms with Gasteiger partial charge in [-0.1, -0.05) is 29.8 Å². The molecule has 2 rings (SSSR count). The minimum atomic E-state index is 0.356. The molecule has 1 aromatic carbocycles. The number of hydrogen-bond acceptors (Lipinski definition) is 2. The second kappa shape index (κ2) is 4.77. The maximum absolute atomic E-state index is 5.52. The molecule has 0 unspecified atom stereocenters. The lowest BCUT2D eigenvalue weighted by atomic mass is 10.1. The minimum Gasteiger partial charge on any atom is -0.377 e. The zero-order chi connectivity index (χ0) is 10.7. The van der Waals surface area contributed by atoms with Crippen molar-refractivity contribution in [2.24, 2.45) is 0 Å². The van der Waals surface area contributed by atoms with Crippen molar-refractivity contribution in [2.75, 3.05) is 6.61 Å². The molecule has 0 amide bonds. The van der Waals surface area contributed by atoms with E-state index in [9.17, 15) is 0 Å². The molecule has 0 aliphatic carbocycles. The summed E-state index contributed by atoms with van der Waals surface area (Å²) in [5, 5.41) is 3.55. The zero-order valence-corrected chi connectivity index (χ0v) is 9.49. The summed E-state index contributed by atoms with van der Waals surface area (Å²) in [5.74, 6) is 0. The fraction of sp³-hybridized carbons (Fsp3) is 0.538.